The van der Waals surface area contributed by atoms with Crippen molar-refractivity contribution < 1.29 is 14.7 Å². The molecule has 0 saturated carbocycles. The SMILES string of the molecule is CC(C)C(=O)C(=Cc1cccnc1)C(=O)O. The van der Waals surface area contributed by atoms with E-state index in [1.54, 1.807) is 32.2 Å². The summed E-state index contributed by atoms with van der Waals surface area (Å²) < 4.78 is 0. The van der Waals surface area contributed by atoms with Gasteiger partial charge in [0.25, 0.3) is 0 Å². The number of aliphatic carboxylic acids is 1. The zero-order valence-corrected chi connectivity index (χ0v) is 9.18. The number of Topliss-reactive ketones (excluding diaryl/α,β-unsaturated/α-hetero) is 1. The van der Waals surface area contributed by atoms with Crippen LogP contribution in [0, 0.1) is 5.92 Å². The smallest absolute Gasteiger partial charge is 0.339 e. The van der Waals surface area contributed by atoms with E-state index in [9.17, 15) is 9.59 Å². The molecule has 0 bridgehead atoms. The van der Waals surface area contributed by atoms with Crippen molar-refractivity contribution in [2.75, 3.05) is 0 Å². The molecule has 1 aromatic heterocycles. The van der Waals surface area contributed by atoms with Crippen LogP contribution in [0.4, 0.5) is 0 Å². The zero-order chi connectivity index (χ0) is 12.1. The molecule has 0 saturated heterocycles. The first kappa shape index (κ1) is 12.1. The van der Waals surface area contributed by atoms with Gasteiger partial charge in [0, 0.05) is 18.3 Å². The van der Waals surface area contributed by atoms with Gasteiger partial charge in [-0.15, -0.1) is 0 Å². The van der Waals surface area contributed by atoms with Gasteiger partial charge in [0.15, 0.2) is 5.78 Å². The third-order valence-electron chi connectivity index (χ3n) is 2.02. The highest BCUT2D eigenvalue weighted by Gasteiger charge is 2.19. The second-order valence-corrected chi connectivity index (χ2v) is 3.67. The normalized spacial score (nSPS) is 11.6. The number of hydrogen-bond acceptors (Lipinski definition) is 3. The van der Waals surface area contributed by atoms with Gasteiger partial charge < -0.3 is 5.11 Å². The molecular formula is C12H13NO3. The first-order chi connectivity index (χ1) is 7.52. The van der Waals surface area contributed by atoms with Crippen LogP contribution in [0.5, 0.6) is 0 Å². The van der Waals surface area contributed by atoms with Gasteiger partial charge in [0.2, 0.25) is 0 Å². The van der Waals surface area contributed by atoms with Crippen molar-refractivity contribution in [1.29, 1.82) is 0 Å². The number of aromatic nitrogens is 1. The Morgan fingerprint density at radius 2 is 2.12 bits per heavy atom. The Morgan fingerprint density at radius 3 is 2.56 bits per heavy atom. The van der Waals surface area contributed by atoms with Crippen LogP contribution >= 0.6 is 0 Å². The first-order valence-corrected chi connectivity index (χ1v) is 4.91. The Balaban J connectivity index is 3.09. The van der Waals surface area contributed by atoms with Crippen molar-refractivity contribution in [2.24, 2.45) is 5.92 Å². The minimum absolute atomic E-state index is 0.206. The highest BCUT2D eigenvalue weighted by Crippen LogP contribution is 2.11. The molecule has 0 radical (unpaired) electrons. The Morgan fingerprint density at radius 1 is 1.44 bits per heavy atom. The molecule has 0 amide bonds. The summed E-state index contributed by atoms with van der Waals surface area (Å²) in [6.45, 7) is 3.34. The van der Waals surface area contributed by atoms with Gasteiger partial charge in [-0.3, -0.25) is 9.78 Å². The minimum Gasteiger partial charge on any atom is -0.478 e. The highest BCUT2D eigenvalue weighted by molar-refractivity contribution is 6.20. The summed E-state index contributed by atoms with van der Waals surface area (Å²) in [6, 6.07) is 3.38. The van der Waals surface area contributed by atoms with Crippen molar-refractivity contribution in [2.45, 2.75) is 13.8 Å². The van der Waals surface area contributed by atoms with E-state index in [-0.39, 0.29) is 17.3 Å². The Kier molecular flexibility index (Phi) is 3.94. The molecule has 1 N–H and O–H groups in total. The average molecular weight is 219 g/mol. The summed E-state index contributed by atoms with van der Waals surface area (Å²) in [6.07, 6.45) is 4.44. The third kappa shape index (κ3) is 3.02. The fraction of sp³-hybridized carbons (Fsp3) is 0.250. The standard InChI is InChI=1S/C12H13NO3/c1-8(2)11(14)10(12(15)16)6-9-4-3-5-13-7-9/h3-8H,1-2H3,(H,15,16). The van der Waals surface area contributed by atoms with E-state index in [0.29, 0.717) is 5.56 Å². The zero-order valence-electron chi connectivity index (χ0n) is 9.18. The molecule has 4 nitrogen and oxygen atoms in total. The summed E-state index contributed by atoms with van der Waals surface area (Å²) >= 11 is 0. The van der Waals surface area contributed by atoms with Crippen molar-refractivity contribution in [3.63, 3.8) is 0 Å². The summed E-state index contributed by atoms with van der Waals surface area (Å²) in [5.74, 6) is -1.92. The van der Waals surface area contributed by atoms with Crippen LogP contribution in [0.2, 0.25) is 0 Å². The average Bonchev–Trinajstić information content (AvgIpc) is 2.26. The molecule has 0 spiro atoms. The number of carbonyl (C=O) groups is 2. The van der Waals surface area contributed by atoms with Gasteiger partial charge in [-0.05, 0) is 17.7 Å². The lowest BCUT2D eigenvalue weighted by atomic mass is 9.99. The topological polar surface area (TPSA) is 67.3 Å². The van der Waals surface area contributed by atoms with Crippen molar-refractivity contribution >= 4 is 17.8 Å². The minimum atomic E-state index is -1.21. The number of rotatable bonds is 4. The lowest BCUT2D eigenvalue weighted by molar-refractivity contribution is -0.135. The van der Waals surface area contributed by atoms with E-state index in [0.717, 1.165) is 0 Å². The first-order valence-electron chi connectivity index (χ1n) is 4.91. The molecular weight excluding hydrogens is 206 g/mol. The Bertz CT molecular complexity index is 421. The second-order valence-electron chi connectivity index (χ2n) is 3.67. The monoisotopic (exact) mass is 219 g/mol. The van der Waals surface area contributed by atoms with Crippen LogP contribution in [-0.4, -0.2) is 21.8 Å². The highest BCUT2D eigenvalue weighted by atomic mass is 16.4. The summed E-state index contributed by atoms with van der Waals surface area (Å²) in [4.78, 5) is 26.4. The van der Waals surface area contributed by atoms with E-state index < -0.39 is 5.97 Å². The molecule has 0 aliphatic carbocycles. The van der Waals surface area contributed by atoms with E-state index in [2.05, 4.69) is 4.98 Å². The van der Waals surface area contributed by atoms with Crippen LogP contribution in [-0.2, 0) is 9.59 Å². The number of carboxylic acids is 1. The van der Waals surface area contributed by atoms with E-state index in [1.807, 2.05) is 0 Å². The molecule has 0 aliphatic rings. The molecule has 1 aromatic rings. The maximum absolute atomic E-state index is 11.6. The van der Waals surface area contributed by atoms with Gasteiger partial charge in [-0.2, -0.15) is 0 Å². The number of hydrogen-bond donors (Lipinski definition) is 1. The van der Waals surface area contributed by atoms with Gasteiger partial charge in [-0.1, -0.05) is 19.9 Å². The van der Waals surface area contributed by atoms with E-state index in [1.165, 1.54) is 12.3 Å². The van der Waals surface area contributed by atoms with E-state index in [4.69, 9.17) is 5.11 Å². The molecule has 16 heavy (non-hydrogen) atoms. The molecule has 0 unspecified atom stereocenters. The van der Waals surface area contributed by atoms with Gasteiger partial charge in [0.05, 0.1) is 0 Å². The fourth-order valence-electron chi connectivity index (χ4n) is 1.18. The maximum atomic E-state index is 11.6. The second kappa shape index (κ2) is 5.21. The Hall–Kier alpha value is -1.97. The molecule has 1 heterocycles. The number of nitrogens with zero attached hydrogens (tertiary/aromatic N) is 1. The molecule has 0 aromatic carbocycles. The van der Waals surface area contributed by atoms with Crippen LogP contribution in [0.25, 0.3) is 6.08 Å². The lowest BCUT2D eigenvalue weighted by Gasteiger charge is -2.04. The largest absolute Gasteiger partial charge is 0.478 e. The maximum Gasteiger partial charge on any atom is 0.339 e. The molecule has 0 atom stereocenters. The van der Waals surface area contributed by atoms with Crippen LogP contribution in [0.1, 0.15) is 19.4 Å². The summed E-state index contributed by atoms with van der Waals surface area (Å²) in [5, 5.41) is 8.94. The number of pyridine rings is 1. The number of carboxylic acid groups (broad SMARTS) is 1. The lowest BCUT2D eigenvalue weighted by Crippen LogP contribution is -2.17. The molecule has 4 heteroatoms. The van der Waals surface area contributed by atoms with Gasteiger partial charge >= 0.3 is 5.97 Å². The van der Waals surface area contributed by atoms with Crippen molar-refractivity contribution in [3.8, 4) is 0 Å². The van der Waals surface area contributed by atoms with Crippen LogP contribution in [0.15, 0.2) is 30.1 Å². The number of ketones is 1. The molecule has 84 valence electrons. The third-order valence-corrected chi connectivity index (χ3v) is 2.02. The Labute approximate surface area is 93.6 Å². The van der Waals surface area contributed by atoms with Crippen LogP contribution in [0.3, 0.4) is 0 Å². The van der Waals surface area contributed by atoms with Crippen LogP contribution < -0.4 is 0 Å². The molecule has 0 fully saturated rings. The predicted octanol–water partition coefficient (Wildman–Crippen LogP) is 1.77. The van der Waals surface area contributed by atoms with Gasteiger partial charge in [0.1, 0.15) is 5.57 Å². The molecule has 1 rings (SSSR count). The fourth-order valence-corrected chi connectivity index (χ4v) is 1.18. The quantitative estimate of drug-likeness (QED) is 0.476. The van der Waals surface area contributed by atoms with Crippen molar-refractivity contribution in [3.05, 3.63) is 35.7 Å². The van der Waals surface area contributed by atoms with Crippen molar-refractivity contribution in [1.82, 2.24) is 4.98 Å². The summed E-state index contributed by atoms with van der Waals surface area (Å²) in [7, 11) is 0. The molecule has 0 aliphatic heterocycles. The number of carbonyl (C=O) groups excluding carboxylic acids is 1. The van der Waals surface area contributed by atoms with E-state index >= 15 is 0 Å². The van der Waals surface area contributed by atoms with Gasteiger partial charge in [-0.25, -0.2) is 4.79 Å². The summed E-state index contributed by atoms with van der Waals surface area (Å²) in [5.41, 5.74) is 0.400. The predicted molar refractivity (Wildman–Crippen MR) is 59.7 cm³/mol.